The lowest BCUT2D eigenvalue weighted by atomic mass is 9.86. The minimum Gasteiger partial charge on any atom is -0.335 e. The van der Waals surface area contributed by atoms with Gasteiger partial charge in [0, 0.05) is 11.6 Å². The highest BCUT2D eigenvalue weighted by atomic mass is 35.5. The molecule has 0 spiro atoms. The average Bonchev–Trinajstić information content (AvgIpc) is 3.05. The molecule has 1 heterocycles. The summed E-state index contributed by atoms with van der Waals surface area (Å²) < 4.78 is 0. The molecule has 3 rings (SSSR count). The molecular weight excluding hydrogens is 356 g/mol. The number of aromatic nitrogens is 4. The maximum absolute atomic E-state index is 12.0. The van der Waals surface area contributed by atoms with E-state index in [0.29, 0.717) is 22.3 Å². The standard InChI is InChI=1S/C17H21ClN6O2/c1-11-6-2-5-9-14(11)19-17(26)20-15(25)10-24-22-16(21-23-24)12-7-3-4-8-13(12)18/h3-4,7-8,11,14H,2,5-6,9-10H2,1H3,(H2,19,20,25,26)/t11-,14-/m0/s1. The monoisotopic (exact) mass is 376 g/mol. The first-order valence-corrected chi connectivity index (χ1v) is 9.04. The average molecular weight is 377 g/mol. The fourth-order valence-corrected chi connectivity index (χ4v) is 3.31. The van der Waals surface area contributed by atoms with Crippen molar-refractivity contribution in [1.29, 1.82) is 0 Å². The zero-order chi connectivity index (χ0) is 18.5. The van der Waals surface area contributed by atoms with Gasteiger partial charge in [0.15, 0.2) is 0 Å². The van der Waals surface area contributed by atoms with Gasteiger partial charge in [-0.05, 0) is 36.1 Å². The van der Waals surface area contributed by atoms with Gasteiger partial charge in [0.25, 0.3) is 5.91 Å². The molecule has 1 saturated carbocycles. The highest BCUT2D eigenvalue weighted by Gasteiger charge is 2.23. The Morgan fingerprint density at radius 1 is 1.27 bits per heavy atom. The lowest BCUT2D eigenvalue weighted by Crippen LogP contribution is -2.48. The van der Waals surface area contributed by atoms with Gasteiger partial charge in [-0.15, -0.1) is 10.2 Å². The third-order valence-electron chi connectivity index (χ3n) is 4.53. The fourth-order valence-electron chi connectivity index (χ4n) is 3.09. The van der Waals surface area contributed by atoms with Gasteiger partial charge in [0.2, 0.25) is 5.82 Å². The van der Waals surface area contributed by atoms with Crippen LogP contribution >= 0.6 is 11.6 Å². The second kappa shape index (κ2) is 8.27. The van der Waals surface area contributed by atoms with Crippen molar-refractivity contribution in [3.8, 4) is 11.4 Å². The van der Waals surface area contributed by atoms with Gasteiger partial charge in [-0.2, -0.15) is 4.80 Å². The molecule has 26 heavy (non-hydrogen) atoms. The smallest absolute Gasteiger partial charge is 0.321 e. The van der Waals surface area contributed by atoms with Gasteiger partial charge < -0.3 is 5.32 Å². The van der Waals surface area contributed by atoms with Gasteiger partial charge in [-0.25, -0.2) is 4.79 Å². The summed E-state index contributed by atoms with van der Waals surface area (Å²) in [6, 6.07) is 6.72. The van der Waals surface area contributed by atoms with Crippen molar-refractivity contribution in [3.63, 3.8) is 0 Å². The Kier molecular flexibility index (Phi) is 5.82. The minimum atomic E-state index is -0.505. The van der Waals surface area contributed by atoms with Crippen molar-refractivity contribution in [1.82, 2.24) is 30.8 Å². The molecule has 138 valence electrons. The predicted molar refractivity (Wildman–Crippen MR) is 96.4 cm³/mol. The summed E-state index contributed by atoms with van der Waals surface area (Å²) in [7, 11) is 0. The highest BCUT2D eigenvalue weighted by molar-refractivity contribution is 6.33. The van der Waals surface area contributed by atoms with E-state index in [1.54, 1.807) is 18.2 Å². The Balaban J connectivity index is 1.54. The van der Waals surface area contributed by atoms with Crippen LogP contribution in [0.3, 0.4) is 0 Å². The quantitative estimate of drug-likeness (QED) is 0.853. The number of amides is 3. The number of hydrogen-bond acceptors (Lipinski definition) is 5. The molecule has 8 nitrogen and oxygen atoms in total. The van der Waals surface area contributed by atoms with Crippen molar-refractivity contribution < 1.29 is 9.59 Å². The summed E-state index contributed by atoms with van der Waals surface area (Å²) >= 11 is 6.10. The van der Waals surface area contributed by atoms with E-state index in [9.17, 15) is 9.59 Å². The topological polar surface area (TPSA) is 102 Å². The number of imide groups is 1. The molecule has 0 radical (unpaired) electrons. The van der Waals surface area contributed by atoms with E-state index in [-0.39, 0.29) is 12.6 Å². The molecule has 0 aliphatic heterocycles. The second-order valence-electron chi connectivity index (χ2n) is 6.51. The summed E-state index contributed by atoms with van der Waals surface area (Å²) in [6.07, 6.45) is 4.31. The van der Waals surface area contributed by atoms with Gasteiger partial charge in [0.1, 0.15) is 6.54 Å². The van der Waals surface area contributed by atoms with Crippen LogP contribution in [0, 0.1) is 5.92 Å². The SMILES string of the molecule is C[C@H]1CCCC[C@@H]1NC(=O)NC(=O)Cn1nnc(-c2ccccc2Cl)n1. The van der Waals surface area contributed by atoms with Crippen molar-refractivity contribution in [3.05, 3.63) is 29.3 Å². The van der Waals surface area contributed by atoms with Crippen molar-refractivity contribution in [2.75, 3.05) is 0 Å². The van der Waals surface area contributed by atoms with E-state index < -0.39 is 11.9 Å². The molecule has 0 unspecified atom stereocenters. The molecule has 3 amide bonds. The van der Waals surface area contributed by atoms with E-state index in [1.807, 2.05) is 6.07 Å². The highest BCUT2D eigenvalue weighted by Crippen LogP contribution is 2.24. The van der Waals surface area contributed by atoms with E-state index >= 15 is 0 Å². The number of carbonyl (C=O) groups excluding carboxylic acids is 2. The first kappa shape index (κ1) is 18.3. The molecule has 1 fully saturated rings. The molecule has 1 aromatic carbocycles. The van der Waals surface area contributed by atoms with Crippen LogP contribution in [0.5, 0.6) is 0 Å². The fraction of sp³-hybridized carbons (Fsp3) is 0.471. The molecular formula is C17H21ClN6O2. The number of tetrazole rings is 1. The molecule has 0 saturated heterocycles. The Morgan fingerprint density at radius 3 is 2.81 bits per heavy atom. The van der Waals surface area contributed by atoms with Crippen LogP contribution in [-0.4, -0.2) is 38.2 Å². The number of nitrogens with one attached hydrogen (secondary N) is 2. The molecule has 1 aliphatic carbocycles. The Morgan fingerprint density at radius 2 is 2.04 bits per heavy atom. The predicted octanol–water partition coefficient (Wildman–Crippen LogP) is 2.40. The van der Waals surface area contributed by atoms with Crippen molar-refractivity contribution in [2.24, 2.45) is 5.92 Å². The summed E-state index contributed by atoms with van der Waals surface area (Å²) in [4.78, 5) is 25.2. The van der Waals surface area contributed by atoms with Crippen LogP contribution in [0.25, 0.3) is 11.4 Å². The van der Waals surface area contributed by atoms with Gasteiger partial charge >= 0.3 is 6.03 Å². The van der Waals surface area contributed by atoms with Crippen LogP contribution in [0.2, 0.25) is 5.02 Å². The molecule has 1 aliphatic rings. The number of benzene rings is 1. The number of urea groups is 1. The third kappa shape index (κ3) is 4.57. The third-order valence-corrected chi connectivity index (χ3v) is 4.86. The van der Waals surface area contributed by atoms with Crippen LogP contribution < -0.4 is 10.6 Å². The normalized spacial score (nSPS) is 19.8. The molecule has 2 aromatic rings. The Bertz CT molecular complexity index is 793. The molecule has 1 aromatic heterocycles. The second-order valence-corrected chi connectivity index (χ2v) is 6.92. The first-order valence-electron chi connectivity index (χ1n) is 8.66. The maximum Gasteiger partial charge on any atom is 0.321 e. The molecule has 0 bridgehead atoms. The van der Waals surface area contributed by atoms with Crippen LogP contribution in [0.1, 0.15) is 32.6 Å². The van der Waals surface area contributed by atoms with Crippen LogP contribution in [-0.2, 0) is 11.3 Å². The zero-order valence-electron chi connectivity index (χ0n) is 14.5. The van der Waals surface area contributed by atoms with Gasteiger partial charge in [-0.3, -0.25) is 10.1 Å². The van der Waals surface area contributed by atoms with E-state index in [0.717, 1.165) is 24.1 Å². The van der Waals surface area contributed by atoms with Crippen molar-refractivity contribution >= 4 is 23.5 Å². The number of nitrogens with zero attached hydrogens (tertiary/aromatic N) is 4. The zero-order valence-corrected chi connectivity index (χ0v) is 15.2. The molecule has 2 atom stereocenters. The first-order chi connectivity index (χ1) is 12.5. The van der Waals surface area contributed by atoms with E-state index in [4.69, 9.17) is 11.6 Å². The Hall–Kier alpha value is -2.48. The number of carbonyl (C=O) groups is 2. The summed E-state index contributed by atoms with van der Waals surface area (Å²) in [5.74, 6) is 0.234. The number of hydrogen-bond donors (Lipinski definition) is 2. The summed E-state index contributed by atoms with van der Waals surface area (Å²) in [5, 5.41) is 17.5. The number of rotatable bonds is 4. The lowest BCUT2D eigenvalue weighted by molar-refractivity contribution is -0.121. The molecule has 2 N–H and O–H groups in total. The van der Waals surface area contributed by atoms with Crippen LogP contribution in [0.4, 0.5) is 4.79 Å². The van der Waals surface area contributed by atoms with Gasteiger partial charge in [0.05, 0.1) is 5.02 Å². The van der Waals surface area contributed by atoms with E-state index in [1.165, 1.54) is 6.42 Å². The van der Waals surface area contributed by atoms with E-state index in [2.05, 4.69) is 33.0 Å². The summed E-state index contributed by atoms with van der Waals surface area (Å²) in [5.41, 5.74) is 0.629. The minimum absolute atomic E-state index is 0.105. The maximum atomic E-state index is 12.0. The number of halogens is 1. The lowest BCUT2D eigenvalue weighted by Gasteiger charge is -2.29. The van der Waals surface area contributed by atoms with Crippen LogP contribution in [0.15, 0.2) is 24.3 Å². The van der Waals surface area contributed by atoms with Gasteiger partial charge in [-0.1, -0.05) is 43.5 Å². The Labute approximate surface area is 156 Å². The van der Waals surface area contributed by atoms with Crippen molar-refractivity contribution in [2.45, 2.75) is 45.2 Å². The molecule has 9 heteroatoms. The summed E-state index contributed by atoms with van der Waals surface area (Å²) in [6.45, 7) is 1.91. The largest absolute Gasteiger partial charge is 0.335 e.